The zero-order chi connectivity index (χ0) is 26.4. The Hall–Kier alpha value is -3.52. The molecule has 0 aliphatic carbocycles. The number of likely N-dealkylation sites (tertiary alicyclic amines) is 1. The lowest BCUT2D eigenvalue weighted by atomic mass is 9.93. The highest BCUT2D eigenvalue weighted by molar-refractivity contribution is 5.93. The van der Waals surface area contributed by atoms with Gasteiger partial charge in [0.15, 0.2) is 0 Å². The second-order valence-electron chi connectivity index (χ2n) is 9.09. The number of halogens is 4. The summed E-state index contributed by atoms with van der Waals surface area (Å²) in [5.41, 5.74) is 2.45. The summed E-state index contributed by atoms with van der Waals surface area (Å²) in [5, 5.41) is 9.59. The van der Waals surface area contributed by atoms with Crippen LogP contribution in [0.4, 0.5) is 17.6 Å². The molecule has 0 aromatic heterocycles. The first-order chi connectivity index (χ1) is 17.7. The predicted molar refractivity (Wildman–Crippen MR) is 135 cm³/mol. The van der Waals surface area contributed by atoms with E-state index in [-0.39, 0.29) is 24.9 Å². The summed E-state index contributed by atoms with van der Waals surface area (Å²) in [6.07, 6.45) is -4.34. The summed E-state index contributed by atoms with van der Waals surface area (Å²) < 4.78 is 61.2. The van der Waals surface area contributed by atoms with Crippen molar-refractivity contribution in [1.29, 1.82) is 0 Å². The average Bonchev–Trinajstić information content (AvgIpc) is 2.87. The molecule has 4 nitrogen and oxygen atoms in total. The van der Waals surface area contributed by atoms with Crippen molar-refractivity contribution < 1.29 is 32.1 Å². The minimum absolute atomic E-state index is 0.121. The lowest BCUT2D eigenvalue weighted by Crippen LogP contribution is -2.49. The Kier molecular flexibility index (Phi) is 8.38. The smallest absolute Gasteiger partial charge is 0.416 e. The number of rotatable bonds is 6. The molecule has 0 atom stereocenters. The fourth-order valence-corrected chi connectivity index (χ4v) is 4.28. The third-order valence-corrected chi connectivity index (χ3v) is 6.42. The first kappa shape index (κ1) is 26.5. The average molecular weight is 516 g/mol. The van der Waals surface area contributed by atoms with E-state index in [9.17, 15) is 22.7 Å². The zero-order valence-electron chi connectivity index (χ0n) is 20.5. The third-order valence-electron chi connectivity index (χ3n) is 6.42. The van der Waals surface area contributed by atoms with Crippen LogP contribution in [0.2, 0.25) is 0 Å². The fraction of sp³-hybridized carbons (Fsp3) is 0.310. The van der Waals surface area contributed by atoms with Gasteiger partial charge >= 0.3 is 6.18 Å². The van der Waals surface area contributed by atoms with Crippen LogP contribution in [0.25, 0.3) is 11.1 Å². The number of fused-ring (bicyclic) bond motifs is 1. The highest BCUT2D eigenvalue weighted by Gasteiger charge is 2.30. The van der Waals surface area contributed by atoms with Gasteiger partial charge in [-0.15, -0.1) is 0 Å². The van der Waals surface area contributed by atoms with E-state index in [4.69, 9.17) is 9.47 Å². The second-order valence-corrected chi connectivity index (χ2v) is 9.09. The molecule has 1 N–H and O–H groups in total. The third kappa shape index (κ3) is 6.83. The van der Waals surface area contributed by atoms with E-state index in [1.165, 1.54) is 18.2 Å². The number of phenols is 1. The molecule has 196 valence electrons. The summed E-state index contributed by atoms with van der Waals surface area (Å²) in [7, 11) is 0. The number of phenolic OH excluding ortho intramolecular Hbond substituents is 1. The lowest BCUT2D eigenvalue weighted by Gasteiger charge is -2.37. The molecule has 0 bridgehead atoms. The molecule has 2 aliphatic heterocycles. The molecule has 0 unspecified atom stereocenters. The van der Waals surface area contributed by atoms with E-state index in [2.05, 4.69) is 4.90 Å². The number of hydrogen-bond donors (Lipinski definition) is 1. The van der Waals surface area contributed by atoms with Crippen molar-refractivity contribution in [2.75, 3.05) is 39.5 Å². The number of para-hydroxylation sites is 1. The van der Waals surface area contributed by atoms with Gasteiger partial charge in [-0.1, -0.05) is 30.3 Å². The highest BCUT2D eigenvalue weighted by Crippen LogP contribution is 2.39. The first-order valence-electron chi connectivity index (χ1n) is 12.0. The van der Waals surface area contributed by atoms with Gasteiger partial charge < -0.3 is 14.6 Å². The molecule has 2 heterocycles. The molecular formula is C29H29F4NO3. The summed E-state index contributed by atoms with van der Waals surface area (Å²) in [5.74, 6) is 1.95. The Labute approximate surface area is 213 Å². The minimum Gasteiger partial charge on any atom is -0.508 e. The Morgan fingerprint density at radius 1 is 1.00 bits per heavy atom. The van der Waals surface area contributed by atoms with Gasteiger partial charge in [0.1, 0.15) is 30.5 Å². The maximum absolute atomic E-state index is 12.6. The van der Waals surface area contributed by atoms with Crippen molar-refractivity contribution in [2.45, 2.75) is 13.1 Å². The van der Waals surface area contributed by atoms with Crippen molar-refractivity contribution in [2.24, 2.45) is 5.92 Å². The van der Waals surface area contributed by atoms with E-state index in [1.54, 1.807) is 12.1 Å². The number of nitrogens with zero attached hydrogens (tertiary/aromatic N) is 1. The highest BCUT2D eigenvalue weighted by atomic mass is 19.4. The number of ether oxygens (including phenoxy) is 2. The maximum atomic E-state index is 12.6. The number of aromatic hydroxyl groups is 1. The molecule has 0 saturated carbocycles. The van der Waals surface area contributed by atoms with E-state index >= 15 is 0 Å². The molecular weight excluding hydrogens is 486 g/mol. The molecule has 3 aromatic carbocycles. The van der Waals surface area contributed by atoms with E-state index in [0.29, 0.717) is 17.9 Å². The quantitative estimate of drug-likeness (QED) is 0.371. The van der Waals surface area contributed by atoms with Crippen LogP contribution in [0, 0.1) is 5.92 Å². The molecule has 1 fully saturated rings. The van der Waals surface area contributed by atoms with Crippen LogP contribution in [-0.2, 0) is 6.18 Å². The summed E-state index contributed by atoms with van der Waals surface area (Å²) in [6, 6.07) is 19.6. The SMILES string of the molecule is CC1=C(c2ccc(C(F)(F)F)cc2)COc2ccc(O)cc21.FCC1CN(CCOc2ccccc2)C1. The van der Waals surface area contributed by atoms with Gasteiger partial charge in [-0.05, 0) is 60.5 Å². The van der Waals surface area contributed by atoms with Gasteiger partial charge in [-0.2, -0.15) is 13.2 Å². The van der Waals surface area contributed by atoms with Crippen molar-refractivity contribution in [3.8, 4) is 17.2 Å². The van der Waals surface area contributed by atoms with E-state index in [0.717, 1.165) is 54.2 Å². The number of hydrogen-bond acceptors (Lipinski definition) is 4. The largest absolute Gasteiger partial charge is 0.508 e. The Balaban J connectivity index is 0.000000186. The second kappa shape index (κ2) is 11.7. The molecule has 5 rings (SSSR count). The van der Waals surface area contributed by atoms with Crippen LogP contribution in [0.5, 0.6) is 17.2 Å². The number of allylic oxidation sites excluding steroid dienone is 1. The molecule has 2 aliphatic rings. The Morgan fingerprint density at radius 3 is 2.35 bits per heavy atom. The summed E-state index contributed by atoms with van der Waals surface area (Å²) in [6.45, 7) is 5.32. The Morgan fingerprint density at radius 2 is 1.70 bits per heavy atom. The molecule has 37 heavy (non-hydrogen) atoms. The molecule has 0 radical (unpaired) electrons. The molecule has 8 heteroatoms. The van der Waals surface area contributed by atoms with E-state index in [1.807, 2.05) is 37.3 Å². The normalized spacial score (nSPS) is 15.7. The first-order valence-corrected chi connectivity index (χ1v) is 12.0. The monoisotopic (exact) mass is 515 g/mol. The van der Waals surface area contributed by atoms with Gasteiger partial charge in [-0.25, -0.2) is 0 Å². The standard InChI is InChI=1S/C17H13F3O2.C12H16FNO/c1-10-14-8-13(21)6-7-16(14)22-9-15(10)11-2-4-12(5-3-11)17(18,19)20;13-8-11-9-14(10-11)6-7-15-12-4-2-1-3-5-12/h2-8,21H,9H2,1H3;1-5,11H,6-10H2. The predicted octanol–water partition coefficient (Wildman–Crippen LogP) is 6.70. The maximum Gasteiger partial charge on any atom is 0.416 e. The minimum atomic E-state index is -4.34. The van der Waals surface area contributed by atoms with Crippen LogP contribution >= 0.6 is 0 Å². The van der Waals surface area contributed by atoms with Crippen molar-refractivity contribution in [1.82, 2.24) is 4.90 Å². The number of benzene rings is 3. The van der Waals surface area contributed by atoms with Gasteiger partial charge in [0.05, 0.1) is 12.2 Å². The van der Waals surface area contributed by atoms with Crippen LogP contribution in [-0.4, -0.2) is 49.5 Å². The zero-order valence-corrected chi connectivity index (χ0v) is 20.5. The van der Waals surface area contributed by atoms with E-state index < -0.39 is 11.7 Å². The summed E-state index contributed by atoms with van der Waals surface area (Å²) in [4.78, 5) is 2.22. The van der Waals surface area contributed by atoms with Crippen molar-refractivity contribution in [3.63, 3.8) is 0 Å². The van der Waals surface area contributed by atoms with Gasteiger partial charge in [0, 0.05) is 36.7 Å². The lowest BCUT2D eigenvalue weighted by molar-refractivity contribution is -0.137. The van der Waals surface area contributed by atoms with Crippen LogP contribution in [0.1, 0.15) is 23.6 Å². The van der Waals surface area contributed by atoms with Crippen LogP contribution in [0.15, 0.2) is 72.8 Å². The molecule has 1 saturated heterocycles. The van der Waals surface area contributed by atoms with Crippen molar-refractivity contribution in [3.05, 3.63) is 89.5 Å². The number of alkyl halides is 4. The van der Waals surface area contributed by atoms with Crippen LogP contribution in [0.3, 0.4) is 0 Å². The van der Waals surface area contributed by atoms with Gasteiger partial charge in [-0.3, -0.25) is 9.29 Å². The van der Waals surface area contributed by atoms with Crippen molar-refractivity contribution >= 4 is 11.1 Å². The molecule has 0 amide bonds. The fourth-order valence-electron chi connectivity index (χ4n) is 4.28. The molecule has 3 aromatic rings. The van der Waals surface area contributed by atoms with Gasteiger partial charge in [0.2, 0.25) is 0 Å². The molecule has 0 spiro atoms. The van der Waals surface area contributed by atoms with Gasteiger partial charge in [0.25, 0.3) is 0 Å². The van der Waals surface area contributed by atoms with Crippen LogP contribution < -0.4 is 9.47 Å². The topological polar surface area (TPSA) is 41.9 Å². The summed E-state index contributed by atoms with van der Waals surface area (Å²) >= 11 is 0. The Bertz CT molecular complexity index is 1200.